The Morgan fingerprint density at radius 2 is 0.690 bits per heavy atom. The van der Waals surface area contributed by atoms with Crippen molar-refractivity contribution in [2.24, 2.45) is 0 Å². The van der Waals surface area contributed by atoms with Crippen molar-refractivity contribution in [3.8, 4) is 33.8 Å². The van der Waals surface area contributed by atoms with Crippen LogP contribution in [0.3, 0.4) is 0 Å². The van der Waals surface area contributed by atoms with Crippen molar-refractivity contribution in [1.82, 2.24) is 0 Å². The van der Waals surface area contributed by atoms with Gasteiger partial charge in [0.05, 0.1) is 38.8 Å². The van der Waals surface area contributed by atoms with E-state index in [1.807, 2.05) is 34.0 Å². The van der Waals surface area contributed by atoms with Gasteiger partial charge in [-0.05, 0) is 159 Å². The summed E-state index contributed by atoms with van der Waals surface area (Å²) in [5.41, 5.74) is 27.7. The fourth-order valence-corrected chi connectivity index (χ4v) is 22.5. The van der Waals surface area contributed by atoms with Crippen molar-refractivity contribution >= 4 is 226 Å². The molecule has 4 aliphatic rings. The fourth-order valence-electron chi connectivity index (χ4n) is 19.0. The zero-order chi connectivity index (χ0) is 73.9. The summed E-state index contributed by atoms with van der Waals surface area (Å²) >= 11 is 5.59. The minimum atomic E-state index is -0.278. The van der Waals surface area contributed by atoms with E-state index in [0.29, 0.717) is 0 Å². The molecule has 7 heterocycles. The molecule has 0 fully saturated rings. The molecule has 0 bridgehead atoms. The summed E-state index contributed by atoms with van der Waals surface area (Å²) in [6, 6.07) is 142. The number of hydrogen-bond acceptors (Lipinski definition) is 9. The van der Waals surface area contributed by atoms with Gasteiger partial charge in [-0.25, -0.2) is 0 Å². The van der Waals surface area contributed by atoms with E-state index in [-0.39, 0.29) is 13.4 Å². The van der Waals surface area contributed by atoms with Gasteiger partial charge in [0.25, 0.3) is 13.4 Å². The van der Waals surface area contributed by atoms with Crippen LogP contribution in [0.1, 0.15) is 0 Å². The zero-order valence-electron chi connectivity index (χ0n) is 60.9. The molecule has 0 aliphatic carbocycles. The van der Waals surface area contributed by atoms with E-state index in [4.69, 9.17) is 4.74 Å². The van der Waals surface area contributed by atoms with Crippen LogP contribution in [-0.2, 0) is 0 Å². The minimum absolute atomic E-state index is 0.248. The van der Waals surface area contributed by atoms with Gasteiger partial charge in [0.15, 0.2) is 0 Å². The van der Waals surface area contributed by atoms with Gasteiger partial charge in [-0.15, -0.1) is 34.0 Å². The highest BCUT2D eigenvalue weighted by atomic mass is 32.1. The molecule has 0 atom stereocenters. The largest absolute Gasteiger partial charge is 0.458 e. The van der Waals surface area contributed by atoms with E-state index < -0.39 is 0 Å². The Kier molecular flexibility index (Phi) is 14.5. The molecule has 526 valence electrons. The molecule has 113 heavy (non-hydrogen) atoms. The van der Waals surface area contributed by atoms with Crippen LogP contribution < -0.4 is 62.0 Å². The van der Waals surface area contributed by atoms with E-state index in [0.717, 1.165) is 130 Å². The van der Waals surface area contributed by atoms with Gasteiger partial charge in [0.2, 0.25) is 0 Å². The van der Waals surface area contributed by atoms with E-state index in [2.05, 4.69) is 407 Å². The predicted octanol–water partition coefficient (Wildman–Crippen LogP) is 25.6. The Morgan fingerprint density at radius 1 is 0.257 bits per heavy atom. The average molecular weight is 1490 g/mol. The molecule has 0 amide bonds. The first-order valence-corrected chi connectivity index (χ1v) is 41.0. The molecule has 0 unspecified atom stereocenters. The summed E-state index contributed by atoms with van der Waals surface area (Å²) in [6.07, 6.45) is 0. The fraction of sp³-hybridized carbons (Fsp3) is 0. The maximum atomic E-state index is 8.17. The summed E-state index contributed by atoms with van der Waals surface area (Å²) in [7, 11) is 0. The lowest BCUT2D eigenvalue weighted by molar-refractivity contribution is 0.488. The number of para-hydroxylation sites is 6. The van der Waals surface area contributed by atoms with Gasteiger partial charge in [-0.3, -0.25) is 0 Å². The normalized spacial score (nSPS) is 12.9. The maximum Gasteiger partial charge on any atom is 0.256 e. The summed E-state index contributed by atoms with van der Waals surface area (Å²) in [4.78, 5) is 12.8. The number of nitrogens with zero attached hydrogens (tertiary/aromatic N) is 5. The van der Waals surface area contributed by atoms with E-state index in [1.165, 1.54) is 82.4 Å². The second kappa shape index (κ2) is 25.4. The number of fused-ring (bicyclic) bond motifs is 17. The Balaban J connectivity index is 0.797. The molecule has 0 radical (unpaired) electrons. The van der Waals surface area contributed by atoms with Crippen LogP contribution in [-0.4, -0.2) is 13.4 Å². The van der Waals surface area contributed by atoms with E-state index in [9.17, 15) is 0 Å². The van der Waals surface area contributed by atoms with Gasteiger partial charge in [0.1, 0.15) is 11.5 Å². The van der Waals surface area contributed by atoms with E-state index in [1.54, 1.807) is 0 Å². The predicted molar refractivity (Wildman–Crippen MR) is 485 cm³/mol. The molecule has 0 saturated heterocycles. The topological polar surface area (TPSA) is 25.4 Å². The first kappa shape index (κ1) is 64.2. The van der Waals surface area contributed by atoms with Crippen molar-refractivity contribution in [3.63, 3.8) is 0 Å². The Bertz CT molecular complexity index is 7240. The maximum absolute atomic E-state index is 8.17. The quantitative estimate of drug-likeness (QED) is 0.120. The Labute approximate surface area is 666 Å². The lowest BCUT2D eigenvalue weighted by Gasteiger charge is -2.46. The van der Waals surface area contributed by atoms with Crippen molar-refractivity contribution in [2.75, 3.05) is 24.5 Å². The van der Waals surface area contributed by atoms with Crippen molar-refractivity contribution in [2.45, 2.75) is 0 Å². The molecule has 17 aromatic carbocycles. The summed E-state index contributed by atoms with van der Waals surface area (Å²) in [5, 5.41) is 7.45. The highest BCUT2D eigenvalue weighted by Crippen LogP contribution is 2.56. The average Bonchev–Trinajstić information content (AvgIpc) is 0.782. The highest BCUT2D eigenvalue weighted by Gasteiger charge is 2.49. The van der Waals surface area contributed by atoms with Crippen molar-refractivity contribution in [1.29, 1.82) is 0 Å². The highest BCUT2D eigenvalue weighted by molar-refractivity contribution is 7.27. The van der Waals surface area contributed by atoms with E-state index >= 15 is 0 Å². The van der Waals surface area contributed by atoms with Crippen LogP contribution >= 0.6 is 34.0 Å². The lowest BCUT2D eigenvalue weighted by atomic mass is 9.30. The second-order valence-corrected chi connectivity index (χ2v) is 32.9. The van der Waals surface area contributed by atoms with Gasteiger partial charge >= 0.3 is 0 Å². The molecule has 20 aromatic rings. The van der Waals surface area contributed by atoms with Gasteiger partial charge in [0, 0.05) is 130 Å². The molecule has 0 saturated carbocycles. The third kappa shape index (κ3) is 9.79. The van der Waals surface area contributed by atoms with Gasteiger partial charge in [-0.2, -0.15) is 0 Å². The molecular weight excluding hydrogens is 1430 g/mol. The van der Waals surface area contributed by atoms with Crippen molar-refractivity contribution < 1.29 is 4.74 Å². The zero-order valence-corrected chi connectivity index (χ0v) is 63.3. The number of thiophene rings is 3. The number of rotatable bonds is 11. The van der Waals surface area contributed by atoms with Crippen LogP contribution in [0.4, 0.5) is 85.3 Å². The first-order valence-electron chi connectivity index (χ1n) is 38.6. The second-order valence-electron chi connectivity index (χ2n) is 29.7. The number of anilines is 15. The molecule has 3 aromatic heterocycles. The van der Waals surface area contributed by atoms with Gasteiger partial charge in [-0.1, -0.05) is 255 Å². The molecular formula is C102H63B2N5OS3. The first-order chi connectivity index (χ1) is 56.1. The van der Waals surface area contributed by atoms with Crippen LogP contribution in [0.25, 0.3) is 82.8 Å². The van der Waals surface area contributed by atoms with Gasteiger partial charge < -0.3 is 29.2 Å². The number of hydrogen-bond donors (Lipinski definition) is 0. The summed E-state index contributed by atoms with van der Waals surface area (Å²) < 4.78 is 15.7. The molecule has 0 spiro atoms. The van der Waals surface area contributed by atoms with Crippen LogP contribution in [0.15, 0.2) is 382 Å². The summed E-state index contributed by atoms with van der Waals surface area (Å²) in [6.45, 7) is -0.526. The number of benzene rings is 17. The molecule has 24 rings (SSSR count). The molecule has 0 N–H and O–H groups in total. The Morgan fingerprint density at radius 3 is 1.28 bits per heavy atom. The smallest absolute Gasteiger partial charge is 0.256 e. The Hall–Kier alpha value is -13.7. The number of ether oxygens (including phenoxy) is 1. The SMILES string of the molecule is c1ccc(-c2cccc(-c3ccccc3)c2N(c2ccccc2)c2cc3c4c(c2)N(c2cccc5sc6ccccc6c25)c2ccccc2B4c2cc4c(cc2O3)N(c2ccccc2)c2cc(N(c3ccccc3)c3cccc5c3sc3ccccc35)cc3c2B4c2ccccc2N3c2cccc3sc4ccccc4c23)cc1. The van der Waals surface area contributed by atoms with Crippen LogP contribution in [0, 0.1) is 0 Å². The standard InChI is InChI=1S/C102H63B2N5OS3/c1-6-30-64(31-7-1)71-43-26-44-72(65-32-8-2-9-33-65)101(71)106(67-36-12-4-13-37-67)70-60-89-100-91(61-70)110-90-63-86-79(62-80(90)104(100)78-47-20-22-49-82(78)109(89)84-51-29-57-96-98(84)76-42-18-25-55-94(76)112-96)103-77-46-19-21-48-81(77)108(83-50-28-56-95-97(83)75-41-17-24-54-93(75)111-95)88-59-69(58-87(99(88)103)107(86)68-38-14-5-15-39-68)105(66-34-10-3-11-35-66)85-52-27-45-74-73-40-16-23-53-92(73)113-102(74)85/h1-63H. The minimum Gasteiger partial charge on any atom is -0.458 e. The third-order valence-corrected chi connectivity index (χ3v) is 27.1. The van der Waals surface area contributed by atoms with Crippen LogP contribution in [0.2, 0.25) is 0 Å². The molecule has 6 nitrogen and oxygen atoms in total. The monoisotopic (exact) mass is 1490 g/mol. The van der Waals surface area contributed by atoms with Crippen LogP contribution in [0.5, 0.6) is 11.5 Å². The van der Waals surface area contributed by atoms with Crippen molar-refractivity contribution in [3.05, 3.63) is 382 Å². The third-order valence-electron chi connectivity index (χ3n) is 23.6. The lowest BCUT2D eigenvalue weighted by Crippen LogP contribution is -2.64. The molecule has 11 heteroatoms. The molecule has 4 aliphatic heterocycles. The summed E-state index contributed by atoms with van der Waals surface area (Å²) in [5.74, 6) is 1.61.